The highest BCUT2D eigenvalue weighted by Gasteiger charge is 2.23. The Balaban J connectivity index is 1.48. The Morgan fingerprint density at radius 3 is 2.52 bits per heavy atom. The molecule has 0 atom stereocenters. The molecule has 2 amide bonds. The molecule has 0 unspecified atom stereocenters. The number of fused-ring (bicyclic) bond motifs is 1. The molecule has 1 aliphatic carbocycles. The van der Waals surface area contributed by atoms with Crippen LogP contribution < -0.4 is 16.0 Å². The van der Waals surface area contributed by atoms with Crippen LogP contribution in [0.25, 0.3) is 5.65 Å². The molecule has 2 heterocycles. The SMILES string of the molecule is O=C(O)NC1CCC(Nc2cc(NC(=O)c3ccccc3)c3nccn3n2)CC1. The summed E-state index contributed by atoms with van der Waals surface area (Å²) in [6, 6.07) is 11.0. The number of nitrogens with zero attached hydrogens (tertiary/aromatic N) is 3. The monoisotopic (exact) mass is 394 g/mol. The minimum Gasteiger partial charge on any atom is -0.465 e. The molecule has 9 nitrogen and oxygen atoms in total. The van der Waals surface area contributed by atoms with Crippen LogP contribution in [0.3, 0.4) is 0 Å². The number of hydrogen-bond acceptors (Lipinski definition) is 5. The number of aromatic nitrogens is 3. The van der Waals surface area contributed by atoms with Gasteiger partial charge in [0, 0.05) is 36.1 Å². The summed E-state index contributed by atoms with van der Waals surface area (Å²) in [5.41, 5.74) is 1.70. The molecule has 29 heavy (non-hydrogen) atoms. The van der Waals surface area contributed by atoms with Gasteiger partial charge in [-0.25, -0.2) is 14.3 Å². The van der Waals surface area contributed by atoms with Crippen molar-refractivity contribution < 1.29 is 14.7 Å². The molecule has 1 fully saturated rings. The smallest absolute Gasteiger partial charge is 0.404 e. The number of carboxylic acid groups (broad SMARTS) is 1. The molecule has 1 aliphatic rings. The molecule has 0 radical (unpaired) electrons. The van der Waals surface area contributed by atoms with Crippen molar-refractivity contribution in [1.29, 1.82) is 0 Å². The lowest BCUT2D eigenvalue weighted by Crippen LogP contribution is -2.39. The number of amides is 2. The van der Waals surface area contributed by atoms with E-state index in [1.807, 2.05) is 18.2 Å². The number of carbonyl (C=O) groups is 2. The molecule has 150 valence electrons. The maximum Gasteiger partial charge on any atom is 0.404 e. The minimum atomic E-state index is -0.979. The first-order chi connectivity index (χ1) is 14.1. The van der Waals surface area contributed by atoms with Gasteiger partial charge in [0.2, 0.25) is 0 Å². The fourth-order valence-corrected chi connectivity index (χ4v) is 3.63. The summed E-state index contributed by atoms with van der Waals surface area (Å²) in [4.78, 5) is 27.6. The second-order valence-electron chi connectivity index (χ2n) is 7.10. The molecule has 0 saturated heterocycles. The van der Waals surface area contributed by atoms with Crippen LogP contribution in [-0.4, -0.2) is 43.8 Å². The molecule has 1 aromatic carbocycles. The van der Waals surface area contributed by atoms with Crippen LogP contribution in [0.15, 0.2) is 48.8 Å². The second kappa shape index (κ2) is 8.17. The highest BCUT2D eigenvalue weighted by molar-refractivity contribution is 6.06. The van der Waals surface area contributed by atoms with Crippen LogP contribution in [0.1, 0.15) is 36.0 Å². The molecule has 4 rings (SSSR count). The minimum absolute atomic E-state index is 0.00430. The molecule has 1 saturated carbocycles. The Morgan fingerprint density at radius 2 is 1.79 bits per heavy atom. The number of anilines is 2. The van der Waals surface area contributed by atoms with Crippen LogP contribution in [-0.2, 0) is 0 Å². The number of rotatable bonds is 5. The number of imidazole rings is 1. The molecule has 0 aliphatic heterocycles. The number of nitrogens with one attached hydrogen (secondary N) is 3. The molecular formula is C20H22N6O3. The largest absolute Gasteiger partial charge is 0.465 e. The summed E-state index contributed by atoms with van der Waals surface area (Å²) >= 11 is 0. The van der Waals surface area contributed by atoms with E-state index in [0.29, 0.717) is 22.7 Å². The van der Waals surface area contributed by atoms with Gasteiger partial charge < -0.3 is 21.1 Å². The predicted octanol–water partition coefficient (Wildman–Crippen LogP) is 2.97. The average molecular weight is 394 g/mol. The quantitative estimate of drug-likeness (QED) is 0.528. The van der Waals surface area contributed by atoms with Crippen molar-refractivity contribution in [3.63, 3.8) is 0 Å². The van der Waals surface area contributed by atoms with Crippen LogP contribution in [0.5, 0.6) is 0 Å². The first-order valence-corrected chi connectivity index (χ1v) is 9.55. The van der Waals surface area contributed by atoms with Gasteiger partial charge in [0.25, 0.3) is 5.91 Å². The first-order valence-electron chi connectivity index (χ1n) is 9.55. The molecule has 0 bridgehead atoms. The van der Waals surface area contributed by atoms with Gasteiger partial charge in [-0.3, -0.25) is 4.79 Å². The standard InChI is InChI=1S/C20H22N6O3/c27-19(13-4-2-1-3-5-13)24-16-12-17(25-26-11-10-21-18(16)26)22-14-6-8-15(9-7-14)23-20(28)29/h1-5,10-12,14-15,23H,6-9H2,(H,22,25)(H,24,27)(H,28,29). The fraction of sp³-hybridized carbons (Fsp3) is 0.300. The molecule has 9 heteroatoms. The maximum absolute atomic E-state index is 12.6. The topological polar surface area (TPSA) is 121 Å². The zero-order valence-electron chi connectivity index (χ0n) is 15.7. The van der Waals surface area contributed by atoms with Crippen LogP contribution in [0, 0.1) is 0 Å². The summed E-state index contributed by atoms with van der Waals surface area (Å²) in [6.07, 6.45) is 5.59. The Kier molecular flexibility index (Phi) is 5.28. The van der Waals surface area contributed by atoms with E-state index in [9.17, 15) is 9.59 Å². The normalized spacial score (nSPS) is 18.9. The van der Waals surface area contributed by atoms with Crippen LogP contribution in [0.4, 0.5) is 16.3 Å². The third-order valence-electron chi connectivity index (χ3n) is 5.05. The number of benzene rings is 1. The van der Waals surface area contributed by atoms with Gasteiger partial charge in [-0.15, -0.1) is 5.10 Å². The lowest BCUT2D eigenvalue weighted by atomic mass is 9.91. The Hall–Kier alpha value is -3.62. The summed E-state index contributed by atoms with van der Waals surface area (Å²) in [5.74, 6) is 0.418. The van der Waals surface area contributed by atoms with Crippen molar-refractivity contribution in [3.05, 3.63) is 54.4 Å². The summed E-state index contributed by atoms with van der Waals surface area (Å²) < 4.78 is 1.63. The van der Waals surface area contributed by atoms with Crippen molar-refractivity contribution in [2.45, 2.75) is 37.8 Å². The van der Waals surface area contributed by atoms with Gasteiger partial charge in [0.1, 0.15) is 5.82 Å². The Labute approximate surface area is 167 Å². The van der Waals surface area contributed by atoms with Gasteiger partial charge in [-0.2, -0.15) is 0 Å². The van der Waals surface area contributed by atoms with Crippen molar-refractivity contribution in [2.75, 3.05) is 10.6 Å². The van der Waals surface area contributed by atoms with E-state index in [4.69, 9.17) is 5.11 Å². The second-order valence-corrected chi connectivity index (χ2v) is 7.10. The fourth-order valence-electron chi connectivity index (χ4n) is 3.63. The van der Waals surface area contributed by atoms with Gasteiger partial charge in [-0.1, -0.05) is 18.2 Å². The summed E-state index contributed by atoms with van der Waals surface area (Å²) in [7, 11) is 0. The van der Waals surface area contributed by atoms with Crippen molar-refractivity contribution in [2.24, 2.45) is 0 Å². The third-order valence-corrected chi connectivity index (χ3v) is 5.05. The maximum atomic E-state index is 12.6. The third kappa shape index (κ3) is 4.45. The van der Waals surface area contributed by atoms with E-state index in [2.05, 4.69) is 26.0 Å². The zero-order chi connectivity index (χ0) is 20.2. The number of carbonyl (C=O) groups excluding carboxylic acids is 1. The van der Waals surface area contributed by atoms with E-state index in [0.717, 1.165) is 25.7 Å². The van der Waals surface area contributed by atoms with E-state index in [1.54, 1.807) is 35.1 Å². The molecule has 2 aromatic heterocycles. The summed E-state index contributed by atoms with van der Waals surface area (Å²) in [6.45, 7) is 0. The van der Waals surface area contributed by atoms with Crippen molar-refractivity contribution in [1.82, 2.24) is 19.9 Å². The molecule has 0 spiro atoms. The number of hydrogen-bond donors (Lipinski definition) is 4. The van der Waals surface area contributed by atoms with Crippen molar-refractivity contribution >= 4 is 29.2 Å². The highest BCUT2D eigenvalue weighted by Crippen LogP contribution is 2.24. The zero-order valence-corrected chi connectivity index (χ0v) is 15.7. The predicted molar refractivity (Wildman–Crippen MR) is 108 cm³/mol. The van der Waals surface area contributed by atoms with Gasteiger partial charge in [0.05, 0.1) is 5.69 Å². The molecule has 3 aromatic rings. The summed E-state index contributed by atoms with van der Waals surface area (Å²) in [5, 5.41) is 22.2. The van der Waals surface area contributed by atoms with Gasteiger partial charge in [-0.05, 0) is 37.8 Å². The first kappa shape index (κ1) is 18.7. The Morgan fingerprint density at radius 1 is 1.07 bits per heavy atom. The van der Waals surface area contributed by atoms with Gasteiger partial charge >= 0.3 is 6.09 Å². The molecule has 4 N–H and O–H groups in total. The Bertz CT molecular complexity index is 1010. The van der Waals surface area contributed by atoms with E-state index in [1.165, 1.54) is 0 Å². The molecular weight excluding hydrogens is 372 g/mol. The van der Waals surface area contributed by atoms with Crippen LogP contribution >= 0.6 is 0 Å². The van der Waals surface area contributed by atoms with Crippen LogP contribution in [0.2, 0.25) is 0 Å². The lowest BCUT2D eigenvalue weighted by molar-refractivity contribution is 0.102. The highest BCUT2D eigenvalue weighted by atomic mass is 16.4. The average Bonchev–Trinajstić information content (AvgIpc) is 3.19. The van der Waals surface area contributed by atoms with E-state index in [-0.39, 0.29) is 18.0 Å². The van der Waals surface area contributed by atoms with E-state index < -0.39 is 6.09 Å². The lowest BCUT2D eigenvalue weighted by Gasteiger charge is -2.29. The van der Waals surface area contributed by atoms with Crippen molar-refractivity contribution in [3.8, 4) is 0 Å². The van der Waals surface area contributed by atoms with Gasteiger partial charge in [0.15, 0.2) is 5.65 Å². The van der Waals surface area contributed by atoms with E-state index >= 15 is 0 Å².